The summed E-state index contributed by atoms with van der Waals surface area (Å²) in [4.78, 5) is 10.4. The second-order valence-electron chi connectivity index (χ2n) is 4.06. The lowest BCUT2D eigenvalue weighted by atomic mass is 10.2. The van der Waals surface area contributed by atoms with E-state index in [0.717, 1.165) is 5.65 Å². The summed E-state index contributed by atoms with van der Waals surface area (Å²) in [7, 11) is 1.88. The van der Waals surface area contributed by atoms with Crippen LogP contribution in [0.15, 0.2) is 18.6 Å². The summed E-state index contributed by atoms with van der Waals surface area (Å²) in [5.41, 5.74) is 6.48. The van der Waals surface area contributed by atoms with E-state index < -0.39 is 0 Å². The first-order chi connectivity index (χ1) is 8.11. The van der Waals surface area contributed by atoms with Gasteiger partial charge >= 0.3 is 0 Å². The Labute approximate surface area is 99.3 Å². The molecular formula is C11H14N6. The van der Waals surface area contributed by atoms with Crippen molar-refractivity contribution in [2.75, 3.05) is 24.2 Å². The molecular weight excluding hydrogens is 216 g/mol. The summed E-state index contributed by atoms with van der Waals surface area (Å²) in [5.74, 6) is 1.05. The van der Waals surface area contributed by atoms with E-state index in [1.165, 1.54) is 0 Å². The minimum absolute atomic E-state index is 0.0711. The van der Waals surface area contributed by atoms with Gasteiger partial charge in [0, 0.05) is 26.0 Å². The Bertz CT molecular complexity index is 567. The normalized spacial score (nSPS) is 12.3. The molecule has 2 aromatic heterocycles. The van der Waals surface area contributed by atoms with Gasteiger partial charge in [0.2, 0.25) is 0 Å². The number of hydrogen-bond donors (Lipinski definition) is 1. The molecule has 2 aromatic rings. The number of imidazole rings is 1. The number of rotatable bonds is 3. The maximum atomic E-state index is 8.82. The zero-order valence-corrected chi connectivity index (χ0v) is 9.83. The van der Waals surface area contributed by atoms with Crippen LogP contribution in [0, 0.1) is 17.2 Å². The molecule has 2 N–H and O–H groups in total. The van der Waals surface area contributed by atoms with E-state index in [2.05, 4.69) is 16.0 Å². The monoisotopic (exact) mass is 230 g/mol. The number of nitrogens with zero attached hydrogens (tertiary/aromatic N) is 5. The number of anilines is 2. The molecule has 1 unspecified atom stereocenters. The van der Waals surface area contributed by atoms with Crippen LogP contribution in [0.3, 0.4) is 0 Å². The van der Waals surface area contributed by atoms with Crippen molar-refractivity contribution in [3.63, 3.8) is 0 Å². The van der Waals surface area contributed by atoms with Crippen molar-refractivity contribution >= 4 is 17.3 Å². The van der Waals surface area contributed by atoms with Crippen LogP contribution in [-0.4, -0.2) is 28.0 Å². The third-order valence-electron chi connectivity index (χ3n) is 2.50. The maximum Gasteiger partial charge on any atom is 0.180 e. The molecule has 6 heteroatoms. The van der Waals surface area contributed by atoms with Gasteiger partial charge in [-0.25, -0.2) is 9.97 Å². The Morgan fingerprint density at radius 2 is 2.41 bits per heavy atom. The molecule has 88 valence electrons. The van der Waals surface area contributed by atoms with E-state index in [9.17, 15) is 0 Å². The third-order valence-corrected chi connectivity index (χ3v) is 2.50. The first-order valence-corrected chi connectivity index (χ1v) is 5.31. The molecule has 1 atom stereocenters. The average molecular weight is 230 g/mol. The molecule has 0 radical (unpaired) electrons. The third kappa shape index (κ3) is 2.13. The number of hydrogen-bond acceptors (Lipinski definition) is 5. The summed E-state index contributed by atoms with van der Waals surface area (Å²) in [5, 5.41) is 8.82. The van der Waals surface area contributed by atoms with E-state index >= 15 is 0 Å². The van der Waals surface area contributed by atoms with E-state index in [1.54, 1.807) is 12.4 Å². The molecule has 6 nitrogen and oxygen atoms in total. The van der Waals surface area contributed by atoms with Gasteiger partial charge in [0.05, 0.1) is 18.2 Å². The van der Waals surface area contributed by atoms with E-state index in [1.807, 2.05) is 29.5 Å². The number of nitrogen functional groups attached to an aromatic ring is 1. The van der Waals surface area contributed by atoms with Crippen LogP contribution in [0.4, 0.5) is 11.6 Å². The van der Waals surface area contributed by atoms with Gasteiger partial charge < -0.3 is 15.0 Å². The standard InChI is InChI=1S/C11H14N6/c1-8(5-12)6-16(2)11-10-14-3-4-17(10)7-9(13)15-11/h3-4,7-8H,6,13H2,1-2H3. The molecule has 0 aromatic carbocycles. The summed E-state index contributed by atoms with van der Waals surface area (Å²) < 4.78 is 1.82. The zero-order chi connectivity index (χ0) is 12.4. The van der Waals surface area contributed by atoms with Crippen LogP contribution >= 0.6 is 0 Å². The van der Waals surface area contributed by atoms with E-state index in [4.69, 9.17) is 11.0 Å². The lowest BCUT2D eigenvalue weighted by Gasteiger charge is -2.19. The molecule has 0 fully saturated rings. The van der Waals surface area contributed by atoms with Crippen LogP contribution in [0.25, 0.3) is 5.65 Å². The van der Waals surface area contributed by atoms with Crippen molar-refractivity contribution < 1.29 is 0 Å². The van der Waals surface area contributed by atoms with Crippen LogP contribution in [-0.2, 0) is 0 Å². The fourth-order valence-electron chi connectivity index (χ4n) is 1.73. The van der Waals surface area contributed by atoms with Crippen LogP contribution in [0.5, 0.6) is 0 Å². The topological polar surface area (TPSA) is 83.2 Å². The molecule has 0 aliphatic carbocycles. The Hall–Kier alpha value is -2.29. The lowest BCUT2D eigenvalue weighted by Crippen LogP contribution is -2.25. The van der Waals surface area contributed by atoms with Gasteiger partial charge in [0.25, 0.3) is 0 Å². The van der Waals surface area contributed by atoms with Crippen LogP contribution in [0.2, 0.25) is 0 Å². The SMILES string of the molecule is CC(C#N)CN(C)c1nc(N)cn2ccnc12. The average Bonchev–Trinajstić information content (AvgIpc) is 2.75. The largest absolute Gasteiger partial charge is 0.382 e. The maximum absolute atomic E-state index is 8.82. The number of nitrogens with two attached hydrogens (primary N) is 1. The first kappa shape index (κ1) is 11.2. The molecule has 0 saturated heterocycles. The molecule has 0 spiro atoms. The molecule has 17 heavy (non-hydrogen) atoms. The predicted molar refractivity (Wildman–Crippen MR) is 65.4 cm³/mol. The minimum Gasteiger partial charge on any atom is -0.382 e. The number of aromatic nitrogens is 3. The lowest BCUT2D eigenvalue weighted by molar-refractivity contribution is 0.710. The Kier molecular flexibility index (Phi) is 2.83. The highest BCUT2D eigenvalue weighted by atomic mass is 15.2. The van der Waals surface area contributed by atoms with Gasteiger partial charge in [-0.15, -0.1) is 0 Å². The van der Waals surface area contributed by atoms with Crippen LogP contribution in [0.1, 0.15) is 6.92 Å². The summed E-state index contributed by atoms with van der Waals surface area (Å²) >= 11 is 0. The smallest absolute Gasteiger partial charge is 0.180 e. The van der Waals surface area contributed by atoms with Crippen molar-refractivity contribution in [3.05, 3.63) is 18.6 Å². The molecule has 2 heterocycles. The second kappa shape index (κ2) is 4.29. The van der Waals surface area contributed by atoms with E-state index in [0.29, 0.717) is 18.2 Å². The Morgan fingerprint density at radius 1 is 1.65 bits per heavy atom. The predicted octanol–water partition coefficient (Wildman–Crippen LogP) is 0.907. The molecule has 0 aliphatic heterocycles. The van der Waals surface area contributed by atoms with Crippen molar-refractivity contribution in [2.45, 2.75) is 6.92 Å². The second-order valence-corrected chi connectivity index (χ2v) is 4.06. The highest BCUT2D eigenvalue weighted by Crippen LogP contribution is 2.18. The van der Waals surface area contributed by atoms with Crippen molar-refractivity contribution in [2.24, 2.45) is 5.92 Å². The quantitative estimate of drug-likeness (QED) is 0.847. The number of nitriles is 1. The zero-order valence-electron chi connectivity index (χ0n) is 9.83. The Morgan fingerprint density at radius 3 is 3.12 bits per heavy atom. The molecule has 0 amide bonds. The van der Waals surface area contributed by atoms with Gasteiger partial charge in [-0.05, 0) is 6.92 Å². The van der Waals surface area contributed by atoms with Gasteiger partial charge in [0.1, 0.15) is 5.82 Å². The fraction of sp³-hybridized carbons (Fsp3) is 0.364. The highest BCUT2D eigenvalue weighted by molar-refractivity contribution is 5.66. The van der Waals surface area contributed by atoms with Crippen LogP contribution < -0.4 is 10.6 Å². The Balaban J connectivity index is 2.40. The summed E-state index contributed by atoms with van der Waals surface area (Å²) in [6.45, 7) is 2.46. The van der Waals surface area contributed by atoms with Crippen molar-refractivity contribution in [1.82, 2.24) is 14.4 Å². The van der Waals surface area contributed by atoms with Gasteiger partial charge in [-0.3, -0.25) is 0 Å². The summed E-state index contributed by atoms with van der Waals surface area (Å²) in [6, 6.07) is 2.19. The molecule has 0 saturated carbocycles. The summed E-state index contributed by atoms with van der Waals surface area (Å²) in [6.07, 6.45) is 5.23. The van der Waals surface area contributed by atoms with Crippen molar-refractivity contribution in [1.29, 1.82) is 5.26 Å². The van der Waals surface area contributed by atoms with E-state index in [-0.39, 0.29) is 5.92 Å². The van der Waals surface area contributed by atoms with Gasteiger partial charge in [-0.2, -0.15) is 5.26 Å². The first-order valence-electron chi connectivity index (χ1n) is 5.31. The molecule has 0 aliphatic rings. The fourth-order valence-corrected chi connectivity index (χ4v) is 1.73. The van der Waals surface area contributed by atoms with Crippen molar-refractivity contribution in [3.8, 4) is 6.07 Å². The minimum atomic E-state index is -0.0711. The molecule has 0 bridgehead atoms. The highest BCUT2D eigenvalue weighted by Gasteiger charge is 2.13. The molecule has 2 rings (SSSR count). The van der Waals surface area contributed by atoms with Gasteiger partial charge in [0.15, 0.2) is 11.5 Å². The van der Waals surface area contributed by atoms with Gasteiger partial charge in [-0.1, -0.05) is 0 Å². The number of fused-ring (bicyclic) bond motifs is 1.